The van der Waals surface area contributed by atoms with Crippen molar-refractivity contribution in [2.45, 2.75) is 26.7 Å². The average molecular weight is 302 g/mol. The van der Waals surface area contributed by atoms with E-state index in [1.54, 1.807) is 19.1 Å². The largest absolute Gasteiger partial charge is 0.485 e. The molecule has 0 spiro atoms. The number of carbonyl (C=O) groups is 2. The third kappa shape index (κ3) is 4.53. The Kier molecular flexibility index (Phi) is 5.28. The van der Waals surface area contributed by atoms with E-state index in [2.05, 4.69) is 6.92 Å². The molecule has 4 heteroatoms. The first-order valence-electron chi connectivity index (χ1n) is 6.91. The summed E-state index contributed by atoms with van der Waals surface area (Å²) >= 11 is 1.52. The number of carbonyl (C=O) groups excluding carboxylic acids is 2. The second-order valence-electron chi connectivity index (χ2n) is 4.85. The average Bonchev–Trinajstić information content (AvgIpc) is 2.94. The van der Waals surface area contributed by atoms with Crippen molar-refractivity contribution in [1.29, 1.82) is 0 Å². The predicted molar refractivity (Wildman–Crippen MR) is 84.3 cm³/mol. The van der Waals surface area contributed by atoms with Crippen LogP contribution in [0, 0.1) is 0 Å². The molecule has 1 heterocycles. The maximum absolute atomic E-state index is 12.0. The van der Waals surface area contributed by atoms with Gasteiger partial charge in [-0.25, -0.2) is 0 Å². The summed E-state index contributed by atoms with van der Waals surface area (Å²) in [5.41, 5.74) is 0.951. The number of aryl methyl sites for hydroxylation is 1. The van der Waals surface area contributed by atoms with E-state index in [0.29, 0.717) is 12.2 Å². The predicted octanol–water partition coefficient (Wildman–Crippen LogP) is 3.70. The smallest absolute Gasteiger partial charge is 0.210 e. The van der Waals surface area contributed by atoms with Gasteiger partial charge in [0.1, 0.15) is 11.5 Å². The standard InChI is InChI=1S/C17H18O3S/c1-3-15-8-9-17(21-15)16(19)11-20-14-6-4-13(5-7-14)10-12(2)18/h4-9H,3,10-11H2,1-2H3. The molecule has 1 aromatic heterocycles. The molecule has 0 fully saturated rings. The first kappa shape index (κ1) is 15.4. The normalized spacial score (nSPS) is 10.4. The Balaban J connectivity index is 1.90. The Labute approximate surface area is 128 Å². The van der Waals surface area contributed by atoms with Crippen LogP contribution in [0.3, 0.4) is 0 Å². The zero-order valence-electron chi connectivity index (χ0n) is 12.2. The van der Waals surface area contributed by atoms with Crippen LogP contribution in [0.15, 0.2) is 36.4 Å². The van der Waals surface area contributed by atoms with Crippen molar-refractivity contribution in [1.82, 2.24) is 0 Å². The number of benzene rings is 1. The minimum atomic E-state index is -0.00693. The van der Waals surface area contributed by atoms with Gasteiger partial charge in [-0.3, -0.25) is 9.59 Å². The maximum Gasteiger partial charge on any atom is 0.210 e. The van der Waals surface area contributed by atoms with Crippen LogP contribution in [-0.2, 0) is 17.6 Å². The van der Waals surface area contributed by atoms with E-state index >= 15 is 0 Å². The monoisotopic (exact) mass is 302 g/mol. The Morgan fingerprint density at radius 1 is 1.10 bits per heavy atom. The van der Waals surface area contributed by atoms with Crippen molar-refractivity contribution in [2.24, 2.45) is 0 Å². The molecule has 0 radical (unpaired) electrons. The summed E-state index contributed by atoms with van der Waals surface area (Å²) in [6.45, 7) is 3.67. The molecule has 0 aliphatic carbocycles. The molecule has 3 nitrogen and oxygen atoms in total. The molecule has 0 saturated carbocycles. The number of ether oxygens (including phenoxy) is 1. The molecule has 2 rings (SSSR count). The Bertz CT molecular complexity index is 626. The highest BCUT2D eigenvalue weighted by atomic mass is 32.1. The highest BCUT2D eigenvalue weighted by molar-refractivity contribution is 7.14. The molecule has 0 bridgehead atoms. The zero-order chi connectivity index (χ0) is 15.2. The molecule has 0 saturated heterocycles. The van der Waals surface area contributed by atoms with Gasteiger partial charge in [0.25, 0.3) is 0 Å². The van der Waals surface area contributed by atoms with Gasteiger partial charge in [-0.2, -0.15) is 0 Å². The van der Waals surface area contributed by atoms with E-state index in [1.165, 1.54) is 16.2 Å². The maximum atomic E-state index is 12.0. The summed E-state index contributed by atoms with van der Waals surface area (Å²) in [6, 6.07) is 11.1. The summed E-state index contributed by atoms with van der Waals surface area (Å²) in [5.74, 6) is 0.763. The molecule has 21 heavy (non-hydrogen) atoms. The molecule has 0 N–H and O–H groups in total. The first-order chi connectivity index (χ1) is 10.1. The van der Waals surface area contributed by atoms with Gasteiger partial charge in [-0.15, -0.1) is 11.3 Å². The van der Waals surface area contributed by atoms with Crippen molar-refractivity contribution in [3.8, 4) is 5.75 Å². The fourth-order valence-electron chi connectivity index (χ4n) is 1.93. The van der Waals surface area contributed by atoms with Crippen LogP contribution in [0.25, 0.3) is 0 Å². The summed E-state index contributed by atoms with van der Waals surface area (Å²) in [5, 5.41) is 0. The SMILES string of the molecule is CCc1ccc(C(=O)COc2ccc(CC(C)=O)cc2)s1. The molecule has 2 aromatic rings. The summed E-state index contributed by atoms with van der Waals surface area (Å²) in [7, 11) is 0. The lowest BCUT2D eigenvalue weighted by Gasteiger charge is -2.05. The summed E-state index contributed by atoms with van der Waals surface area (Å²) in [6.07, 6.45) is 1.37. The van der Waals surface area contributed by atoms with Crippen LogP contribution in [0.4, 0.5) is 0 Å². The highest BCUT2D eigenvalue weighted by Crippen LogP contribution is 2.18. The third-order valence-corrected chi connectivity index (χ3v) is 4.30. The molecular formula is C17H18O3S. The van der Waals surface area contributed by atoms with Crippen molar-refractivity contribution >= 4 is 22.9 Å². The van der Waals surface area contributed by atoms with Gasteiger partial charge in [-0.05, 0) is 43.2 Å². The van der Waals surface area contributed by atoms with Gasteiger partial charge in [0.2, 0.25) is 5.78 Å². The topological polar surface area (TPSA) is 43.4 Å². The molecule has 0 amide bonds. The van der Waals surface area contributed by atoms with Gasteiger partial charge in [0, 0.05) is 11.3 Å². The van der Waals surface area contributed by atoms with Crippen molar-refractivity contribution in [3.05, 3.63) is 51.7 Å². The molecule has 0 aliphatic heterocycles. The zero-order valence-corrected chi connectivity index (χ0v) is 13.0. The number of thiophene rings is 1. The van der Waals surface area contributed by atoms with Gasteiger partial charge in [0.15, 0.2) is 6.61 Å². The Morgan fingerprint density at radius 2 is 1.81 bits per heavy atom. The fourth-order valence-corrected chi connectivity index (χ4v) is 2.80. The van der Waals surface area contributed by atoms with Crippen LogP contribution in [0.5, 0.6) is 5.75 Å². The number of rotatable bonds is 7. The summed E-state index contributed by atoms with van der Waals surface area (Å²) in [4.78, 5) is 25.0. The van der Waals surface area contributed by atoms with E-state index in [4.69, 9.17) is 4.74 Å². The molecule has 0 atom stereocenters. The highest BCUT2D eigenvalue weighted by Gasteiger charge is 2.10. The van der Waals surface area contributed by atoms with E-state index in [9.17, 15) is 9.59 Å². The van der Waals surface area contributed by atoms with Gasteiger partial charge in [0.05, 0.1) is 4.88 Å². The number of Topliss-reactive ketones (excluding diaryl/α,β-unsaturated/α-hetero) is 2. The number of hydrogen-bond donors (Lipinski definition) is 0. The number of hydrogen-bond acceptors (Lipinski definition) is 4. The van der Waals surface area contributed by atoms with Crippen molar-refractivity contribution in [2.75, 3.05) is 6.61 Å². The first-order valence-corrected chi connectivity index (χ1v) is 7.73. The van der Waals surface area contributed by atoms with Crippen LogP contribution >= 0.6 is 11.3 Å². The molecular weight excluding hydrogens is 284 g/mol. The lowest BCUT2D eigenvalue weighted by Crippen LogP contribution is -2.10. The van der Waals surface area contributed by atoms with E-state index in [-0.39, 0.29) is 18.2 Å². The van der Waals surface area contributed by atoms with E-state index < -0.39 is 0 Å². The van der Waals surface area contributed by atoms with E-state index in [0.717, 1.165) is 16.9 Å². The Morgan fingerprint density at radius 3 is 2.38 bits per heavy atom. The van der Waals surface area contributed by atoms with Crippen LogP contribution < -0.4 is 4.74 Å². The second-order valence-corrected chi connectivity index (χ2v) is 6.02. The third-order valence-electron chi connectivity index (χ3n) is 3.03. The van der Waals surface area contributed by atoms with Gasteiger partial charge >= 0.3 is 0 Å². The fraction of sp³-hybridized carbons (Fsp3) is 0.294. The molecule has 110 valence electrons. The lowest BCUT2D eigenvalue weighted by molar-refractivity contribution is -0.116. The van der Waals surface area contributed by atoms with Gasteiger partial charge < -0.3 is 4.74 Å². The number of ketones is 2. The van der Waals surface area contributed by atoms with Gasteiger partial charge in [-0.1, -0.05) is 19.1 Å². The van der Waals surface area contributed by atoms with Crippen molar-refractivity contribution < 1.29 is 14.3 Å². The lowest BCUT2D eigenvalue weighted by atomic mass is 10.1. The summed E-state index contributed by atoms with van der Waals surface area (Å²) < 4.78 is 5.50. The van der Waals surface area contributed by atoms with Crippen LogP contribution in [0.1, 0.15) is 34.0 Å². The minimum Gasteiger partial charge on any atom is -0.485 e. The van der Waals surface area contributed by atoms with Crippen molar-refractivity contribution in [3.63, 3.8) is 0 Å². The van der Waals surface area contributed by atoms with Crippen LogP contribution in [-0.4, -0.2) is 18.2 Å². The second kappa shape index (κ2) is 7.18. The Hall–Kier alpha value is -1.94. The van der Waals surface area contributed by atoms with Crippen LogP contribution in [0.2, 0.25) is 0 Å². The molecule has 0 aliphatic rings. The molecule has 1 aromatic carbocycles. The van der Waals surface area contributed by atoms with E-state index in [1.807, 2.05) is 24.3 Å². The molecule has 0 unspecified atom stereocenters. The minimum absolute atomic E-state index is 0.00693. The quantitative estimate of drug-likeness (QED) is 0.732.